The number of nitrogens with zero attached hydrogens (tertiary/aromatic N) is 7. The van der Waals surface area contributed by atoms with E-state index in [1.165, 1.54) is 36.3 Å². The minimum atomic E-state index is -0.532. The highest BCUT2D eigenvalue weighted by Gasteiger charge is 2.30. The quantitative estimate of drug-likeness (QED) is 0.400. The molecule has 0 atom stereocenters. The van der Waals surface area contributed by atoms with Crippen LogP contribution >= 0.6 is 0 Å². The smallest absolute Gasteiger partial charge is 0.328 e. The summed E-state index contributed by atoms with van der Waals surface area (Å²) in [6.07, 6.45) is 11.5. The van der Waals surface area contributed by atoms with Crippen LogP contribution in [0.3, 0.4) is 0 Å². The summed E-state index contributed by atoms with van der Waals surface area (Å²) in [5, 5.41) is 19.4. The molecule has 1 aromatic carbocycles. The number of nitrogens with one attached hydrogen (secondary N) is 2. The van der Waals surface area contributed by atoms with Gasteiger partial charge in [0.25, 0.3) is 5.91 Å². The number of anilines is 2. The fourth-order valence-corrected chi connectivity index (χ4v) is 7.58. The van der Waals surface area contributed by atoms with E-state index in [0.717, 1.165) is 77.1 Å². The van der Waals surface area contributed by atoms with E-state index in [-0.39, 0.29) is 36.9 Å². The van der Waals surface area contributed by atoms with E-state index in [2.05, 4.69) is 35.7 Å². The molecule has 2 N–H and O–H groups in total. The molecule has 13 heteroatoms. The molecule has 0 radical (unpaired) electrons. The standard InChI is InChI=1S/C33H42FN9O3/c34-23-18-28(42-17-12-31(44)37-33(42)46)26-20-35-43(29(26)19-23)25-10-13-40(14-11-25)21-22-8-15-41(16-9-22)30-7-6-27(38-39-30)32(45)36-24-4-2-1-3-5-24/h6-7,18-20,22,24-25H,1-5,8-17,21H2,(H,36,45)(H,37,44,46). The van der Waals surface area contributed by atoms with Gasteiger partial charge < -0.3 is 15.1 Å². The molecule has 1 saturated carbocycles. The summed E-state index contributed by atoms with van der Waals surface area (Å²) >= 11 is 0. The van der Waals surface area contributed by atoms with Crippen LogP contribution in [-0.4, -0.2) is 88.0 Å². The van der Waals surface area contributed by atoms with Crippen molar-refractivity contribution in [2.24, 2.45) is 5.92 Å². The number of likely N-dealkylation sites (tertiary alicyclic amines) is 1. The van der Waals surface area contributed by atoms with Crippen molar-refractivity contribution in [2.45, 2.75) is 76.3 Å². The number of benzene rings is 1. The summed E-state index contributed by atoms with van der Waals surface area (Å²) in [7, 11) is 0. The molecular weight excluding hydrogens is 589 g/mol. The highest BCUT2D eigenvalue weighted by Crippen LogP contribution is 2.34. The van der Waals surface area contributed by atoms with Gasteiger partial charge in [-0.15, -0.1) is 10.2 Å². The Hall–Kier alpha value is -4.13. The van der Waals surface area contributed by atoms with E-state index in [1.54, 1.807) is 12.3 Å². The van der Waals surface area contributed by atoms with E-state index in [1.807, 2.05) is 10.7 Å². The Bertz CT molecular complexity index is 1570. The number of halogens is 1. The summed E-state index contributed by atoms with van der Waals surface area (Å²) in [6.45, 7) is 4.99. The Morgan fingerprint density at radius 1 is 0.935 bits per heavy atom. The molecule has 244 valence electrons. The summed E-state index contributed by atoms with van der Waals surface area (Å²) in [4.78, 5) is 42.9. The van der Waals surface area contributed by atoms with E-state index < -0.39 is 11.8 Å². The third-order valence-electron chi connectivity index (χ3n) is 10.2. The van der Waals surface area contributed by atoms with Gasteiger partial charge in [-0.3, -0.25) is 24.5 Å². The Morgan fingerprint density at radius 2 is 1.72 bits per heavy atom. The van der Waals surface area contributed by atoms with Crippen molar-refractivity contribution in [3.05, 3.63) is 42.0 Å². The second-order valence-corrected chi connectivity index (χ2v) is 13.2. The first kappa shape index (κ1) is 30.5. The number of hydrogen-bond donors (Lipinski definition) is 2. The molecule has 12 nitrogen and oxygen atoms in total. The number of imide groups is 1. The summed E-state index contributed by atoms with van der Waals surface area (Å²) in [5.41, 5.74) is 1.50. The predicted octanol–water partition coefficient (Wildman–Crippen LogP) is 4.03. The molecule has 0 spiro atoms. The summed E-state index contributed by atoms with van der Waals surface area (Å²) < 4.78 is 16.7. The van der Waals surface area contributed by atoms with Crippen LogP contribution in [0.4, 0.5) is 20.7 Å². The van der Waals surface area contributed by atoms with Crippen molar-refractivity contribution < 1.29 is 18.8 Å². The third kappa shape index (κ3) is 6.55. The van der Waals surface area contributed by atoms with Crippen molar-refractivity contribution in [1.29, 1.82) is 0 Å². The van der Waals surface area contributed by atoms with Crippen molar-refractivity contribution in [3.8, 4) is 0 Å². The lowest BCUT2D eigenvalue weighted by atomic mass is 9.94. The monoisotopic (exact) mass is 631 g/mol. The summed E-state index contributed by atoms with van der Waals surface area (Å²) in [5.74, 6) is 0.550. The Balaban J connectivity index is 0.897. The van der Waals surface area contributed by atoms with Crippen molar-refractivity contribution in [1.82, 2.24) is 35.5 Å². The normalized spacial score (nSPS) is 21.2. The molecule has 7 rings (SSSR count). The van der Waals surface area contributed by atoms with Gasteiger partial charge in [0, 0.05) is 57.1 Å². The number of amides is 4. The van der Waals surface area contributed by atoms with Gasteiger partial charge in [-0.1, -0.05) is 19.3 Å². The van der Waals surface area contributed by atoms with Crippen LogP contribution in [-0.2, 0) is 4.79 Å². The van der Waals surface area contributed by atoms with Crippen LogP contribution in [0.5, 0.6) is 0 Å². The number of urea groups is 1. The number of hydrogen-bond acceptors (Lipinski definition) is 8. The van der Waals surface area contributed by atoms with E-state index in [9.17, 15) is 18.8 Å². The molecule has 3 aliphatic heterocycles. The molecule has 4 fully saturated rings. The Labute approximate surface area is 267 Å². The van der Waals surface area contributed by atoms with Gasteiger partial charge >= 0.3 is 6.03 Å². The molecule has 5 heterocycles. The molecule has 1 aliphatic carbocycles. The molecule has 0 bridgehead atoms. The van der Waals surface area contributed by atoms with Crippen molar-refractivity contribution in [2.75, 3.05) is 49.1 Å². The average Bonchev–Trinajstić information content (AvgIpc) is 3.49. The van der Waals surface area contributed by atoms with Crippen LogP contribution in [0, 0.1) is 11.7 Å². The molecule has 3 aromatic rings. The van der Waals surface area contributed by atoms with Crippen LogP contribution in [0.1, 0.15) is 80.7 Å². The van der Waals surface area contributed by atoms with Crippen molar-refractivity contribution >= 4 is 40.3 Å². The van der Waals surface area contributed by atoms with E-state index >= 15 is 0 Å². The molecule has 3 saturated heterocycles. The zero-order valence-electron chi connectivity index (χ0n) is 26.2. The highest BCUT2D eigenvalue weighted by atomic mass is 19.1. The average molecular weight is 632 g/mol. The number of rotatable bonds is 7. The second-order valence-electron chi connectivity index (χ2n) is 13.2. The Morgan fingerprint density at radius 3 is 2.43 bits per heavy atom. The lowest BCUT2D eigenvalue weighted by molar-refractivity contribution is -0.120. The van der Waals surface area contributed by atoms with Gasteiger partial charge in [-0.2, -0.15) is 5.10 Å². The fourth-order valence-electron chi connectivity index (χ4n) is 7.58. The zero-order chi connectivity index (χ0) is 31.6. The lowest BCUT2D eigenvalue weighted by Crippen LogP contribution is -2.49. The van der Waals surface area contributed by atoms with E-state index in [4.69, 9.17) is 0 Å². The van der Waals surface area contributed by atoms with Gasteiger partial charge in [-0.05, 0) is 68.7 Å². The van der Waals surface area contributed by atoms with Crippen LogP contribution < -0.4 is 20.4 Å². The maximum Gasteiger partial charge on any atom is 0.328 e. The largest absolute Gasteiger partial charge is 0.355 e. The number of piperidine rings is 2. The third-order valence-corrected chi connectivity index (χ3v) is 10.2. The first-order chi connectivity index (χ1) is 22.4. The topological polar surface area (TPSA) is 129 Å². The maximum absolute atomic E-state index is 14.8. The van der Waals surface area contributed by atoms with Gasteiger partial charge in [0.2, 0.25) is 5.91 Å². The SMILES string of the molecule is O=C1CCN(c2cc(F)cc3c2cnn3C2CCN(CC3CCN(c4ccc(C(=O)NC5CCCCC5)nn4)CC3)CC2)C(=O)N1. The van der Waals surface area contributed by atoms with Gasteiger partial charge in [0.05, 0.1) is 23.4 Å². The number of carbonyl (C=O) groups excluding carboxylic acids is 3. The molecule has 0 unspecified atom stereocenters. The first-order valence-corrected chi connectivity index (χ1v) is 16.8. The summed E-state index contributed by atoms with van der Waals surface area (Å²) in [6, 6.07) is 6.41. The molecule has 2 aromatic heterocycles. The minimum Gasteiger partial charge on any atom is -0.355 e. The highest BCUT2D eigenvalue weighted by molar-refractivity contribution is 6.09. The van der Waals surface area contributed by atoms with E-state index in [0.29, 0.717) is 28.2 Å². The van der Waals surface area contributed by atoms with Crippen molar-refractivity contribution in [3.63, 3.8) is 0 Å². The van der Waals surface area contributed by atoms with Crippen LogP contribution in [0.15, 0.2) is 30.5 Å². The minimum absolute atomic E-state index is 0.128. The number of aromatic nitrogens is 4. The number of carbonyl (C=O) groups is 3. The first-order valence-electron chi connectivity index (χ1n) is 16.8. The van der Waals surface area contributed by atoms with Crippen LogP contribution in [0.25, 0.3) is 10.9 Å². The molecule has 4 aliphatic rings. The number of fused-ring (bicyclic) bond motifs is 1. The molecular formula is C33H42FN9O3. The zero-order valence-corrected chi connectivity index (χ0v) is 26.2. The van der Waals surface area contributed by atoms with Gasteiger partial charge in [-0.25, -0.2) is 9.18 Å². The predicted molar refractivity (Wildman–Crippen MR) is 171 cm³/mol. The second kappa shape index (κ2) is 13.3. The van der Waals surface area contributed by atoms with Gasteiger partial charge in [0.1, 0.15) is 5.82 Å². The lowest BCUT2D eigenvalue weighted by Gasteiger charge is -2.38. The van der Waals surface area contributed by atoms with Crippen LogP contribution in [0.2, 0.25) is 0 Å². The fraction of sp³-hybridized carbons (Fsp3) is 0.576. The van der Waals surface area contributed by atoms with Gasteiger partial charge in [0.15, 0.2) is 11.5 Å². The maximum atomic E-state index is 14.8. The Kier molecular flexibility index (Phi) is 8.83. The molecule has 4 amide bonds. The molecule has 46 heavy (non-hydrogen) atoms.